The van der Waals surface area contributed by atoms with Crippen LogP contribution in [0.3, 0.4) is 0 Å². The Kier molecular flexibility index (Phi) is 3.13. The van der Waals surface area contributed by atoms with Crippen LogP contribution in [0.25, 0.3) is 10.8 Å². The van der Waals surface area contributed by atoms with E-state index in [1.54, 1.807) is 11.3 Å². The minimum Gasteiger partial charge on any atom is -0.324 e. The van der Waals surface area contributed by atoms with E-state index in [0.717, 1.165) is 6.42 Å². The number of nitrogens with two attached hydrogens (primary N) is 1. The number of benzene rings is 2. The van der Waals surface area contributed by atoms with Gasteiger partial charge >= 0.3 is 0 Å². The van der Waals surface area contributed by atoms with E-state index in [9.17, 15) is 0 Å². The van der Waals surface area contributed by atoms with E-state index in [4.69, 9.17) is 5.73 Å². The van der Waals surface area contributed by atoms with Gasteiger partial charge in [-0.25, -0.2) is 0 Å². The lowest BCUT2D eigenvalue weighted by molar-refractivity contribution is 0.730. The summed E-state index contributed by atoms with van der Waals surface area (Å²) in [7, 11) is 0. The van der Waals surface area contributed by atoms with Crippen molar-refractivity contribution in [2.75, 3.05) is 0 Å². The van der Waals surface area contributed by atoms with Crippen LogP contribution in [-0.4, -0.2) is 0 Å². The van der Waals surface area contributed by atoms with Crippen molar-refractivity contribution in [1.82, 2.24) is 0 Å². The van der Waals surface area contributed by atoms with E-state index < -0.39 is 0 Å². The smallest absolute Gasteiger partial charge is 0.0342 e. The van der Waals surface area contributed by atoms with Gasteiger partial charge in [-0.15, -0.1) is 0 Å². The Hall–Kier alpha value is -1.64. The number of rotatable bonds is 3. The molecule has 1 aromatic heterocycles. The Morgan fingerprint density at radius 3 is 2.67 bits per heavy atom. The Bertz CT molecular complexity index is 638. The Morgan fingerprint density at radius 2 is 1.83 bits per heavy atom. The maximum atomic E-state index is 6.36. The predicted octanol–water partition coefficient (Wildman–Crippen LogP) is 4.14. The lowest BCUT2D eigenvalue weighted by atomic mass is 9.96. The van der Waals surface area contributed by atoms with E-state index in [0.29, 0.717) is 0 Å². The van der Waals surface area contributed by atoms with Crippen molar-refractivity contribution in [3.05, 3.63) is 70.4 Å². The molecule has 0 bridgehead atoms. The van der Waals surface area contributed by atoms with Crippen LogP contribution in [0.5, 0.6) is 0 Å². The van der Waals surface area contributed by atoms with Crippen LogP contribution < -0.4 is 5.73 Å². The fourth-order valence-corrected chi connectivity index (χ4v) is 3.03. The van der Waals surface area contributed by atoms with Crippen LogP contribution >= 0.6 is 11.3 Å². The van der Waals surface area contributed by atoms with Crippen molar-refractivity contribution in [2.24, 2.45) is 5.73 Å². The zero-order valence-electron chi connectivity index (χ0n) is 10.0. The molecule has 1 atom stereocenters. The van der Waals surface area contributed by atoms with Gasteiger partial charge in [-0.2, -0.15) is 11.3 Å². The van der Waals surface area contributed by atoms with Crippen molar-refractivity contribution in [3.63, 3.8) is 0 Å². The second-order valence-corrected chi connectivity index (χ2v) is 5.29. The molecule has 0 saturated heterocycles. The molecular weight excluding hydrogens is 238 g/mol. The van der Waals surface area contributed by atoms with Crippen LogP contribution in [0.2, 0.25) is 0 Å². The van der Waals surface area contributed by atoms with Gasteiger partial charge in [0, 0.05) is 6.04 Å². The SMILES string of the molecule is NC(Cc1ccsc1)c1cccc2ccccc12. The van der Waals surface area contributed by atoms with E-state index in [1.165, 1.54) is 21.9 Å². The van der Waals surface area contributed by atoms with Gasteiger partial charge in [-0.1, -0.05) is 42.5 Å². The third-order valence-corrected chi connectivity index (χ3v) is 3.99. The van der Waals surface area contributed by atoms with Crippen molar-refractivity contribution < 1.29 is 0 Å². The third kappa shape index (κ3) is 2.17. The van der Waals surface area contributed by atoms with Crippen molar-refractivity contribution >= 4 is 22.1 Å². The molecule has 1 heterocycles. The molecule has 0 radical (unpaired) electrons. The molecular formula is C16H15NS. The van der Waals surface area contributed by atoms with E-state index in [1.807, 2.05) is 0 Å². The fourth-order valence-electron chi connectivity index (χ4n) is 2.35. The highest BCUT2D eigenvalue weighted by atomic mass is 32.1. The first-order chi connectivity index (χ1) is 8.84. The van der Waals surface area contributed by atoms with Crippen LogP contribution in [-0.2, 0) is 6.42 Å². The minimum atomic E-state index is 0.0608. The molecule has 0 aliphatic heterocycles. The molecule has 2 aromatic carbocycles. The topological polar surface area (TPSA) is 26.0 Å². The molecule has 1 nitrogen and oxygen atoms in total. The largest absolute Gasteiger partial charge is 0.324 e. The van der Waals surface area contributed by atoms with Gasteiger partial charge in [-0.05, 0) is 45.1 Å². The summed E-state index contributed by atoms with van der Waals surface area (Å²) in [6, 6.07) is 17.0. The van der Waals surface area contributed by atoms with Crippen molar-refractivity contribution in [2.45, 2.75) is 12.5 Å². The summed E-state index contributed by atoms with van der Waals surface area (Å²) in [6.45, 7) is 0. The Balaban J connectivity index is 1.98. The summed E-state index contributed by atoms with van der Waals surface area (Å²) in [6.07, 6.45) is 0.900. The molecule has 2 heteroatoms. The first kappa shape index (κ1) is 11.5. The van der Waals surface area contributed by atoms with Gasteiger partial charge in [0.15, 0.2) is 0 Å². The summed E-state index contributed by atoms with van der Waals surface area (Å²) >= 11 is 1.72. The Labute approximate surface area is 111 Å². The molecule has 0 aliphatic carbocycles. The molecule has 3 rings (SSSR count). The molecule has 2 N–H and O–H groups in total. The summed E-state index contributed by atoms with van der Waals surface area (Å²) in [4.78, 5) is 0. The maximum absolute atomic E-state index is 6.36. The molecule has 0 spiro atoms. The van der Waals surface area contributed by atoms with Crippen LogP contribution in [0.1, 0.15) is 17.2 Å². The average Bonchev–Trinajstić information content (AvgIpc) is 2.91. The van der Waals surface area contributed by atoms with Gasteiger partial charge in [0.1, 0.15) is 0 Å². The molecule has 0 aliphatic rings. The van der Waals surface area contributed by atoms with Gasteiger partial charge in [-0.3, -0.25) is 0 Å². The van der Waals surface area contributed by atoms with E-state index in [2.05, 4.69) is 59.3 Å². The first-order valence-electron chi connectivity index (χ1n) is 6.09. The second kappa shape index (κ2) is 4.92. The molecule has 3 aromatic rings. The first-order valence-corrected chi connectivity index (χ1v) is 7.03. The highest BCUT2D eigenvalue weighted by Gasteiger charge is 2.10. The number of thiophene rings is 1. The maximum Gasteiger partial charge on any atom is 0.0342 e. The second-order valence-electron chi connectivity index (χ2n) is 4.51. The average molecular weight is 253 g/mol. The standard InChI is InChI=1S/C16H15NS/c17-16(10-12-8-9-18-11-12)15-7-3-5-13-4-1-2-6-14(13)15/h1-9,11,16H,10,17H2. The summed E-state index contributed by atoms with van der Waals surface area (Å²) in [5.74, 6) is 0. The molecule has 18 heavy (non-hydrogen) atoms. The Morgan fingerprint density at radius 1 is 1.00 bits per heavy atom. The summed E-state index contributed by atoms with van der Waals surface area (Å²) in [5, 5.41) is 6.80. The van der Waals surface area contributed by atoms with Gasteiger partial charge in [0.2, 0.25) is 0 Å². The van der Waals surface area contributed by atoms with Crippen LogP contribution in [0.15, 0.2) is 59.3 Å². The monoisotopic (exact) mass is 253 g/mol. The zero-order chi connectivity index (χ0) is 12.4. The lowest BCUT2D eigenvalue weighted by Crippen LogP contribution is -2.13. The minimum absolute atomic E-state index is 0.0608. The zero-order valence-corrected chi connectivity index (χ0v) is 10.9. The number of fused-ring (bicyclic) bond motifs is 1. The molecule has 1 unspecified atom stereocenters. The summed E-state index contributed by atoms with van der Waals surface area (Å²) in [5.41, 5.74) is 8.91. The normalized spacial score (nSPS) is 12.7. The van der Waals surface area contributed by atoms with Crippen LogP contribution in [0.4, 0.5) is 0 Å². The number of hydrogen-bond donors (Lipinski definition) is 1. The summed E-state index contributed by atoms with van der Waals surface area (Å²) < 4.78 is 0. The van der Waals surface area contributed by atoms with Gasteiger partial charge in [0.05, 0.1) is 0 Å². The quantitative estimate of drug-likeness (QED) is 0.745. The molecule has 90 valence electrons. The fraction of sp³-hybridized carbons (Fsp3) is 0.125. The van der Waals surface area contributed by atoms with Gasteiger partial charge < -0.3 is 5.73 Å². The molecule has 0 saturated carbocycles. The van der Waals surface area contributed by atoms with Gasteiger partial charge in [0.25, 0.3) is 0 Å². The molecule has 0 amide bonds. The lowest BCUT2D eigenvalue weighted by Gasteiger charge is -2.14. The molecule has 0 fully saturated rings. The highest BCUT2D eigenvalue weighted by Crippen LogP contribution is 2.25. The van der Waals surface area contributed by atoms with Crippen LogP contribution in [0, 0.1) is 0 Å². The third-order valence-electron chi connectivity index (χ3n) is 3.26. The van der Waals surface area contributed by atoms with E-state index in [-0.39, 0.29) is 6.04 Å². The highest BCUT2D eigenvalue weighted by molar-refractivity contribution is 7.07. The predicted molar refractivity (Wildman–Crippen MR) is 78.9 cm³/mol. The van der Waals surface area contributed by atoms with Crippen molar-refractivity contribution in [3.8, 4) is 0 Å². The van der Waals surface area contributed by atoms with Crippen molar-refractivity contribution in [1.29, 1.82) is 0 Å². The van der Waals surface area contributed by atoms with E-state index >= 15 is 0 Å². The number of hydrogen-bond acceptors (Lipinski definition) is 2.